The van der Waals surface area contributed by atoms with Gasteiger partial charge in [-0.15, -0.1) is 0 Å². The third-order valence-electron chi connectivity index (χ3n) is 1.85. The van der Waals surface area contributed by atoms with E-state index in [9.17, 15) is 8.42 Å². The summed E-state index contributed by atoms with van der Waals surface area (Å²) in [6, 6.07) is 5.16. The van der Waals surface area contributed by atoms with Gasteiger partial charge in [0.25, 0.3) is 0 Å². The number of nitrogens with two attached hydrogens (primary N) is 1. The lowest BCUT2D eigenvalue weighted by atomic mass is 10.1. The first-order valence-corrected chi connectivity index (χ1v) is 8.17. The quantitative estimate of drug-likeness (QED) is 0.548. The molecule has 0 bridgehead atoms. The fourth-order valence-electron chi connectivity index (χ4n) is 1.16. The number of halogens is 2. The van der Waals surface area contributed by atoms with Crippen molar-refractivity contribution in [2.45, 2.75) is 32.5 Å². The van der Waals surface area contributed by atoms with Crippen molar-refractivity contribution in [3.05, 3.63) is 33.8 Å². The molecule has 1 aromatic carbocycles. The number of aryl methyl sites for hydroxylation is 1. The summed E-state index contributed by atoms with van der Waals surface area (Å²) < 4.78 is 25.3. The topological polar surface area (TPSA) is 110 Å². The van der Waals surface area contributed by atoms with Crippen LogP contribution in [-0.4, -0.2) is 31.0 Å². The van der Waals surface area contributed by atoms with Crippen LogP contribution in [0.2, 0.25) is 10.0 Å². The van der Waals surface area contributed by atoms with Gasteiger partial charge in [0, 0.05) is 10.0 Å². The van der Waals surface area contributed by atoms with Crippen LogP contribution in [0.25, 0.3) is 0 Å². The maximum atomic E-state index is 10.5. The Morgan fingerprint density at radius 2 is 1.81 bits per heavy atom. The van der Waals surface area contributed by atoms with Crippen LogP contribution in [0.3, 0.4) is 0 Å². The molecule has 0 saturated heterocycles. The standard InChI is InChI=1S/C9H11Cl2NO3S.C3H8O2/c10-8-4-3-7(9(11)6-8)2-1-5-15-16(12,13)14;1-3(2,4)5/h3-4,6H,1-2,5H2,(H2,12,13,14);4-5H,1-2H3. The summed E-state index contributed by atoms with van der Waals surface area (Å²) in [4.78, 5) is 0. The molecule has 1 rings (SSSR count). The average Bonchev–Trinajstić information content (AvgIpc) is 2.23. The zero-order valence-electron chi connectivity index (χ0n) is 11.7. The van der Waals surface area contributed by atoms with Crippen molar-refractivity contribution in [3.8, 4) is 0 Å². The van der Waals surface area contributed by atoms with E-state index in [2.05, 4.69) is 9.32 Å². The molecule has 6 nitrogen and oxygen atoms in total. The largest absolute Gasteiger partial charge is 0.366 e. The molecule has 1 aromatic rings. The molecule has 0 fully saturated rings. The predicted molar refractivity (Wildman–Crippen MR) is 82.4 cm³/mol. The minimum Gasteiger partial charge on any atom is -0.366 e. The molecule has 0 atom stereocenters. The molecule has 0 heterocycles. The Balaban J connectivity index is 0.000000690. The molecule has 0 aromatic heterocycles. The highest BCUT2D eigenvalue weighted by Gasteiger charge is 2.04. The monoisotopic (exact) mass is 359 g/mol. The molecule has 0 radical (unpaired) electrons. The molecule has 0 aliphatic rings. The van der Waals surface area contributed by atoms with Crippen molar-refractivity contribution in [1.29, 1.82) is 0 Å². The Morgan fingerprint density at radius 3 is 2.24 bits per heavy atom. The molecule has 21 heavy (non-hydrogen) atoms. The SMILES string of the molecule is CC(C)(O)O.NS(=O)(=O)OCCCc1ccc(Cl)cc1Cl. The van der Waals surface area contributed by atoms with Crippen LogP contribution in [0.15, 0.2) is 18.2 Å². The van der Waals surface area contributed by atoms with E-state index in [4.69, 9.17) is 33.4 Å². The number of aliphatic hydroxyl groups is 2. The number of hydrogen-bond donors (Lipinski definition) is 3. The van der Waals surface area contributed by atoms with Crippen molar-refractivity contribution >= 4 is 33.5 Å². The molecule has 122 valence electrons. The maximum absolute atomic E-state index is 10.5. The lowest BCUT2D eigenvalue weighted by Crippen LogP contribution is -2.16. The lowest BCUT2D eigenvalue weighted by Gasteiger charge is -2.04. The third-order valence-corrected chi connectivity index (χ3v) is 2.94. The Kier molecular flexibility index (Phi) is 8.72. The van der Waals surface area contributed by atoms with Gasteiger partial charge in [-0.2, -0.15) is 8.42 Å². The average molecular weight is 360 g/mol. The van der Waals surface area contributed by atoms with E-state index in [1.165, 1.54) is 13.8 Å². The highest BCUT2D eigenvalue weighted by atomic mass is 35.5. The van der Waals surface area contributed by atoms with E-state index < -0.39 is 16.1 Å². The minimum atomic E-state index is -3.85. The first-order valence-electron chi connectivity index (χ1n) is 5.94. The summed E-state index contributed by atoms with van der Waals surface area (Å²) in [7, 11) is -3.85. The highest BCUT2D eigenvalue weighted by molar-refractivity contribution is 7.84. The van der Waals surface area contributed by atoms with Gasteiger partial charge in [-0.25, -0.2) is 5.14 Å². The predicted octanol–water partition coefficient (Wildman–Crippen LogP) is 1.85. The summed E-state index contributed by atoms with van der Waals surface area (Å²) >= 11 is 11.7. The van der Waals surface area contributed by atoms with Crippen molar-refractivity contribution in [3.63, 3.8) is 0 Å². The second kappa shape index (κ2) is 8.89. The molecule has 0 spiro atoms. The van der Waals surface area contributed by atoms with E-state index in [0.29, 0.717) is 22.9 Å². The Labute approximate surface area is 134 Å². The van der Waals surface area contributed by atoms with Crippen LogP contribution in [0.5, 0.6) is 0 Å². The summed E-state index contributed by atoms with van der Waals surface area (Å²) in [5, 5.41) is 21.9. The first-order chi connectivity index (χ1) is 9.38. The Morgan fingerprint density at radius 1 is 1.29 bits per heavy atom. The number of hydrogen-bond acceptors (Lipinski definition) is 5. The van der Waals surface area contributed by atoms with Gasteiger partial charge in [-0.05, 0) is 44.4 Å². The van der Waals surface area contributed by atoms with Crippen molar-refractivity contribution < 1.29 is 22.8 Å². The summed E-state index contributed by atoms with van der Waals surface area (Å²) in [5.41, 5.74) is 0.893. The zero-order chi connectivity index (χ0) is 16.7. The lowest BCUT2D eigenvalue weighted by molar-refractivity contribution is -0.127. The zero-order valence-corrected chi connectivity index (χ0v) is 14.0. The van der Waals surface area contributed by atoms with Gasteiger partial charge in [0.1, 0.15) is 0 Å². The fourth-order valence-corrected chi connectivity index (χ4v) is 2.02. The van der Waals surface area contributed by atoms with E-state index in [1.54, 1.807) is 18.2 Å². The van der Waals surface area contributed by atoms with Crippen molar-refractivity contribution in [2.75, 3.05) is 6.61 Å². The Bertz CT molecular complexity index is 537. The van der Waals surface area contributed by atoms with Gasteiger partial charge in [0.05, 0.1) is 6.61 Å². The van der Waals surface area contributed by atoms with Crippen LogP contribution in [0.4, 0.5) is 0 Å². The van der Waals surface area contributed by atoms with Crippen LogP contribution in [-0.2, 0) is 20.9 Å². The molecular weight excluding hydrogens is 341 g/mol. The second-order valence-electron chi connectivity index (χ2n) is 4.65. The Hall–Kier alpha value is -0.410. The van der Waals surface area contributed by atoms with Gasteiger partial charge in [0.2, 0.25) is 0 Å². The van der Waals surface area contributed by atoms with Gasteiger partial charge in [0.15, 0.2) is 5.79 Å². The number of rotatable bonds is 5. The normalized spacial score (nSPS) is 11.8. The van der Waals surface area contributed by atoms with Crippen LogP contribution < -0.4 is 5.14 Å². The minimum absolute atomic E-state index is 0.0395. The van der Waals surface area contributed by atoms with E-state index in [1.807, 2.05) is 0 Å². The van der Waals surface area contributed by atoms with Gasteiger partial charge in [-0.3, -0.25) is 4.18 Å². The molecule has 9 heteroatoms. The molecule has 0 aliphatic carbocycles. The highest BCUT2D eigenvalue weighted by Crippen LogP contribution is 2.21. The van der Waals surface area contributed by atoms with Gasteiger partial charge in [-0.1, -0.05) is 29.3 Å². The van der Waals surface area contributed by atoms with Crippen molar-refractivity contribution in [2.24, 2.45) is 5.14 Å². The summed E-state index contributed by atoms with van der Waals surface area (Å²) in [6.45, 7) is 2.64. The first kappa shape index (κ1) is 20.6. The maximum Gasteiger partial charge on any atom is 0.333 e. The second-order valence-corrected chi connectivity index (χ2v) is 6.71. The molecule has 4 N–H and O–H groups in total. The molecular formula is C12H19Cl2NO5S. The molecule has 0 saturated carbocycles. The van der Waals surface area contributed by atoms with Crippen LogP contribution >= 0.6 is 23.2 Å². The fraction of sp³-hybridized carbons (Fsp3) is 0.500. The molecule has 0 unspecified atom stereocenters. The third kappa shape index (κ3) is 14.3. The van der Waals surface area contributed by atoms with E-state index in [-0.39, 0.29) is 6.61 Å². The summed E-state index contributed by atoms with van der Waals surface area (Å²) in [6.07, 6.45) is 1.11. The summed E-state index contributed by atoms with van der Waals surface area (Å²) in [5.74, 6) is -1.50. The smallest absolute Gasteiger partial charge is 0.333 e. The van der Waals surface area contributed by atoms with Gasteiger partial charge >= 0.3 is 10.3 Å². The van der Waals surface area contributed by atoms with Crippen molar-refractivity contribution in [1.82, 2.24) is 0 Å². The van der Waals surface area contributed by atoms with E-state index in [0.717, 1.165) is 5.56 Å². The molecule has 0 aliphatic heterocycles. The molecule has 0 amide bonds. The van der Waals surface area contributed by atoms with Crippen LogP contribution in [0, 0.1) is 0 Å². The van der Waals surface area contributed by atoms with E-state index >= 15 is 0 Å². The number of benzene rings is 1. The van der Waals surface area contributed by atoms with Crippen LogP contribution in [0.1, 0.15) is 25.8 Å². The van der Waals surface area contributed by atoms with Gasteiger partial charge < -0.3 is 10.2 Å².